The number of hydrogen-bond acceptors (Lipinski definition) is 3. The molecule has 1 atom stereocenters. The molecule has 92 valence electrons. The SMILES string of the molecule is CC1(Nc2c(F)cccc2C(=O)O)CCOC1. The highest BCUT2D eigenvalue weighted by Gasteiger charge is 2.31. The van der Waals surface area contributed by atoms with Crippen LogP contribution in [0.15, 0.2) is 18.2 Å². The van der Waals surface area contributed by atoms with E-state index < -0.39 is 17.3 Å². The van der Waals surface area contributed by atoms with Crippen LogP contribution in [0.5, 0.6) is 0 Å². The molecule has 0 bridgehead atoms. The van der Waals surface area contributed by atoms with E-state index in [1.807, 2.05) is 6.92 Å². The van der Waals surface area contributed by atoms with Crippen molar-refractivity contribution in [2.75, 3.05) is 18.5 Å². The molecule has 1 unspecified atom stereocenters. The maximum Gasteiger partial charge on any atom is 0.337 e. The normalized spacial score (nSPS) is 23.6. The molecule has 5 heteroatoms. The first-order valence-corrected chi connectivity index (χ1v) is 5.40. The number of rotatable bonds is 3. The molecular weight excluding hydrogens is 225 g/mol. The van der Waals surface area contributed by atoms with Crippen molar-refractivity contribution in [3.8, 4) is 0 Å². The van der Waals surface area contributed by atoms with E-state index in [-0.39, 0.29) is 11.3 Å². The molecule has 1 fully saturated rings. The van der Waals surface area contributed by atoms with E-state index in [9.17, 15) is 9.18 Å². The quantitative estimate of drug-likeness (QED) is 0.848. The minimum atomic E-state index is -1.14. The van der Waals surface area contributed by atoms with E-state index in [4.69, 9.17) is 9.84 Å². The standard InChI is InChI=1S/C12H14FNO3/c1-12(5-6-17-7-12)14-10-8(11(15)16)3-2-4-9(10)13/h2-4,14H,5-7H2,1H3,(H,15,16). The van der Waals surface area contributed by atoms with Gasteiger partial charge in [-0.05, 0) is 25.5 Å². The number of anilines is 1. The first kappa shape index (κ1) is 11.9. The maximum atomic E-state index is 13.7. The summed E-state index contributed by atoms with van der Waals surface area (Å²) in [5.41, 5.74) is -0.432. The van der Waals surface area contributed by atoms with Crippen LogP contribution in [-0.4, -0.2) is 29.8 Å². The Morgan fingerprint density at radius 3 is 2.94 bits per heavy atom. The fraction of sp³-hybridized carbons (Fsp3) is 0.417. The van der Waals surface area contributed by atoms with Crippen LogP contribution in [0.3, 0.4) is 0 Å². The Labute approximate surface area is 98.4 Å². The van der Waals surface area contributed by atoms with Gasteiger partial charge in [0.1, 0.15) is 5.82 Å². The highest BCUT2D eigenvalue weighted by atomic mass is 19.1. The number of carboxylic acids is 1. The number of halogens is 1. The lowest BCUT2D eigenvalue weighted by atomic mass is 10.00. The van der Waals surface area contributed by atoms with Gasteiger partial charge in [-0.3, -0.25) is 0 Å². The lowest BCUT2D eigenvalue weighted by Gasteiger charge is -2.26. The van der Waals surface area contributed by atoms with Crippen LogP contribution in [0.25, 0.3) is 0 Å². The molecule has 1 heterocycles. The second-order valence-electron chi connectivity index (χ2n) is 4.46. The van der Waals surface area contributed by atoms with Crippen molar-refractivity contribution < 1.29 is 19.0 Å². The predicted molar refractivity (Wildman–Crippen MR) is 60.8 cm³/mol. The molecule has 0 amide bonds. The Kier molecular flexibility index (Phi) is 3.02. The van der Waals surface area contributed by atoms with E-state index >= 15 is 0 Å². The molecule has 1 aliphatic rings. The highest BCUT2D eigenvalue weighted by Crippen LogP contribution is 2.28. The van der Waals surface area contributed by atoms with Crippen molar-refractivity contribution in [2.45, 2.75) is 18.9 Å². The third-order valence-electron chi connectivity index (χ3n) is 2.89. The fourth-order valence-corrected chi connectivity index (χ4v) is 1.90. The van der Waals surface area contributed by atoms with Crippen molar-refractivity contribution in [3.05, 3.63) is 29.6 Å². The Balaban J connectivity index is 2.34. The summed E-state index contributed by atoms with van der Waals surface area (Å²) < 4.78 is 18.9. The Morgan fingerprint density at radius 1 is 1.59 bits per heavy atom. The average molecular weight is 239 g/mol. The molecular formula is C12H14FNO3. The molecule has 0 aliphatic carbocycles. The Morgan fingerprint density at radius 2 is 2.35 bits per heavy atom. The van der Waals surface area contributed by atoms with Crippen LogP contribution in [0, 0.1) is 5.82 Å². The van der Waals surface area contributed by atoms with Gasteiger partial charge >= 0.3 is 5.97 Å². The zero-order chi connectivity index (χ0) is 12.5. The van der Waals surface area contributed by atoms with Gasteiger partial charge in [-0.1, -0.05) is 6.07 Å². The van der Waals surface area contributed by atoms with E-state index in [2.05, 4.69) is 5.32 Å². The largest absolute Gasteiger partial charge is 0.478 e. The smallest absolute Gasteiger partial charge is 0.337 e. The predicted octanol–water partition coefficient (Wildman–Crippen LogP) is 2.11. The van der Waals surface area contributed by atoms with Gasteiger partial charge in [0.15, 0.2) is 0 Å². The molecule has 1 saturated heterocycles. The van der Waals surface area contributed by atoms with E-state index in [0.717, 1.165) is 6.42 Å². The van der Waals surface area contributed by atoms with Gasteiger partial charge in [-0.2, -0.15) is 0 Å². The van der Waals surface area contributed by atoms with Gasteiger partial charge in [-0.15, -0.1) is 0 Å². The molecule has 0 spiro atoms. The number of aromatic carboxylic acids is 1. The number of nitrogens with one attached hydrogen (secondary N) is 1. The summed E-state index contributed by atoms with van der Waals surface area (Å²) in [5.74, 6) is -1.70. The van der Waals surface area contributed by atoms with Gasteiger partial charge in [0, 0.05) is 6.61 Å². The average Bonchev–Trinajstić information content (AvgIpc) is 2.68. The maximum absolute atomic E-state index is 13.7. The summed E-state index contributed by atoms with van der Waals surface area (Å²) in [6.45, 7) is 2.93. The number of carbonyl (C=O) groups is 1. The van der Waals surface area contributed by atoms with Crippen molar-refractivity contribution in [2.24, 2.45) is 0 Å². The van der Waals surface area contributed by atoms with Crippen LogP contribution in [0.2, 0.25) is 0 Å². The summed E-state index contributed by atoms with van der Waals surface area (Å²) in [6.07, 6.45) is 0.723. The molecule has 1 aromatic rings. The number of carboxylic acid groups (broad SMARTS) is 1. The van der Waals surface area contributed by atoms with Gasteiger partial charge in [0.05, 0.1) is 23.4 Å². The summed E-state index contributed by atoms with van der Waals surface area (Å²) in [7, 11) is 0. The molecule has 0 saturated carbocycles. The van der Waals surface area contributed by atoms with Gasteiger partial charge in [0.25, 0.3) is 0 Å². The van der Waals surface area contributed by atoms with Crippen LogP contribution in [-0.2, 0) is 4.74 Å². The van der Waals surface area contributed by atoms with Crippen LogP contribution in [0.4, 0.5) is 10.1 Å². The fourth-order valence-electron chi connectivity index (χ4n) is 1.90. The lowest BCUT2D eigenvalue weighted by Crippen LogP contribution is -2.36. The van der Waals surface area contributed by atoms with Crippen molar-refractivity contribution >= 4 is 11.7 Å². The molecule has 0 radical (unpaired) electrons. The molecule has 1 aliphatic heterocycles. The van der Waals surface area contributed by atoms with Gasteiger partial charge in [0.2, 0.25) is 0 Å². The van der Waals surface area contributed by atoms with E-state index in [1.165, 1.54) is 18.2 Å². The summed E-state index contributed by atoms with van der Waals surface area (Å²) in [4.78, 5) is 11.0. The lowest BCUT2D eigenvalue weighted by molar-refractivity contribution is 0.0697. The van der Waals surface area contributed by atoms with E-state index in [1.54, 1.807) is 0 Å². The van der Waals surface area contributed by atoms with E-state index in [0.29, 0.717) is 13.2 Å². The second kappa shape index (κ2) is 4.33. The van der Waals surface area contributed by atoms with Crippen molar-refractivity contribution in [3.63, 3.8) is 0 Å². The third-order valence-corrected chi connectivity index (χ3v) is 2.89. The Bertz CT molecular complexity index is 441. The Hall–Kier alpha value is -1.62. The van der Waals surface area contributed by atoms with Crippen molar-refractivity contribution in [1.82, 2.24) is 0 Å². The first-order valence-electron chi connectivity index (χ1n) is 5.40. The molecule has 4 nitrogen and oxygen atoms in total. The highest BCUT2D eigenvalue weighted by molar-refractivity contribution is 5.94. The molecule has 17 heavy (non-hydrogen) atoms. The van der Waals surface area contributed by atoms with Gasteiger partial charge in [-0.25, -0.2) is 9.18 Å². The molecule has 1 aromatic carbocycles. The topological polar surface area (TPSA) is 58.6 Å². The zero-order valence-electron chi connectivity index (χ0n) is 9.50. The van der Waals surface area contributed by atoms with Crippen molar-refractivity contribution in [1.29, 1.82) is 0 Å². The van der Waals surface area contributed by atoms with Crippen LogP contribution >= 0.6 is 0 Å². The molecule has 0 aromatic heterocycles. The summed E-state index contributed by atoms with van der Waals surface area (Å²) >= 11 is 0. The first-order chi connectivity index (χ1) is 8.02. The number of benzene rings is 1. The minimum absolute atomic E-state index is 0.0352. The van der Waals surface area contributed by atoms with Crippen LogP contribution in [0.1, 0.15) is 23.7 Å². The minimum Gasteiger partial charge on any atom is -0.478 e. The summed E-state index contributed by atoms with van der Waals surface area (Å²) in [5, 5.41) is 12.0. The van der Waals surface area contributed by atoms with Crippen LogP contribution < -0.4 is 5.32 Å². The third kappa shape index (κ3) is 2.39. The molecule has 2 N–H and O–H groups in total. The number of para-hydroxylation sites is 1. The van der Waals surface area contributed by atoms with Gasteiger partial charge < -0.3 is 15.2 Å². The molecule has 2 rings (SSSR count). The zero-order valence-corrected chi connectivity index (χ0v) is 9.50. The second-order valence-corrected chi connectivity index (χ2v) is 4.46. The summed E-state index contributed by atoms with van der Waals surface area (Å²) in [6, 6.07) is 4.01. The monoisotopic (exact) mass is 239 g/mol. The number of ether oxygens (including phenoxy) is 1. The number of hydrogen-bond donors (Lipinski definition) is 2.